The van der Waals surface area contributed by atoms with Gasteiger partial charge in [-0.25, -0.2) is 0 Å². The number of aromatic amines is 1. The van der Waals surface area contributed by atoms with Crippen LogP contribution in [0.3, 0.4) is 0 Å². The summed E-state index contributed by atoms with van der Waals surface area (Å²) >= 11 is 5.70. The monoisotopic (exact) mass is 281 g/mol. The number of rotatable bonds is 2. The fraction of sp³-hybridized carbons (Fsp3) is 0.0909. The number of hydrogen-bond donors (Lipinski definition) is 1. The van der Waals surface area contributed by atoms with E-state index in [9.17, 15) is 19.7 Å². The lowest BCUT2D eigenvalue weighted by Gasteiger charge is -2.05. The van der Waals surface area contributed by atoms with Gasteiger partial charge in [-0.3, -0.25) is 19.7 Å². The van der Waals surface area contributed by atoms with E-state index in [2.05, 4.69) is 4.98 Å². The van der Waals surface area contributed by atoms with Crippen LogP contribution >= 0.6 is 11.6 Å². The van der Waals surface area contributed by atoms with Gasteiger partial charge >= 0.3 is 11.2 Å². The summed E-state index contributed by atoms with van der Waals surface area (Å²) in [6, 6.07) is 3.94. The lowest BCUT2D eigenvalue weighted by molar-refractivity contribution is -0.385. The molecule has 0 unspecified atom stereocenters. The Morgan fingerprint density at radius 1 is 1.37 bits per heavy atom. The molecule has 2 aromatic rings. The van der Waals surface area contributed by atoms with Gasteiger partial charge in [-0.15, -0.1) is 0 Å². The summed E-state index contributed by atoms with van der Waals surface area (Å²) < 4.78 is 1.26. The van der Waals surface area contributed by atoms with Crippen molar-refractivity contribution in [3.05, 3.63) is 60.4 Å². The van der Waals surface area contributed by atoms with Gasteiger partial charge in [0.15, 0.2) is 0 Å². The van der Waals surface area contributed by atoms with Crippen LogP contribution in [-0.4, -0.2) is 14.5 Å². The number of aryl methyl sites for hydroxylation is 1. The Hall–Kier alpha value is -2.41. The van der Waals surface area contributed by atoms with Crippen LogP contribution in [0.2, 0.25) is 5.15 Å². The van der Waals surface area contributed by atoms with Gasteiger partial charge < -0.3 is 9.55 Å². The Morgan fingerprint density at radius 2 is 2.05 bits per heavy atom. The summed E-state index contributed by atoms with van der Waals surface area (Å²) in [5.41, 5.74) is -1.33. The largest absolute Gasteiger partial charge is 0.341 e. The summed E-state index contributed by atoms with van der Waals surface area (Å²) in [7, 11) is 1.51. The molecule has 0 radical (unpaired) electrons. The molecule has 0 aliphatic rings. The summed E-state index contributed by atoms with van der Waals surface area (Å²) in [6.45, 7) is 0. The molecule has 0 spiro atoms. The molecule has 7 nitrogen and oxygen atoms in total. The number of nitrogens with one attached hydrogen (secondary N) is 1. The minimum atomic E-state index is -0.888. The number of H-pyrrole nitrogens is 1. The molecule has 2 heterocycles. The number of aromatic nitrogens is 2. The molecular weight excluding hydrogens is 274 g/mol. The average molecular weight is 282 g/mol. The fourth-order valence-electron chi connectivity index (χ4n) is 1.68. The zero-order chi connectivity index (χ0) is 14.2. The predicted molar refractivity (Wildman–Crippen MR) is 69.4 cm³/mol. The van der Waals surface area contributed by atoms with E-state index in [1.165, 1.54) is 36.0 Å². The third kappa shape index (κ3) is 2.41. The van der Waals surface area contributed by atoms with Crippen molar-refractivity contribution < 1.29 is 4.92 Å². The molecule has 0 bridgehead atoms. The number of nitrogens with zero attached hydrogens (tertiary/aromatic N) is 2. The molecule has 19 heavy (non-hydrogen) atoms. The molecule has 0 aliphatic carbocycles. The molecule has 1 N–H and O–H groups in total. The third-order valence-electron chi connectivity index (χ3n) is 2.55. The Bertz CT molecular complexity index is 778. The molecule has 0 saturated heterocycles. The SMILES string of the molecule is Cn1cc(-c2cc(Cl)[nH]c(=O)c2[N+](=O)[O-])ccc1=O. The summed E-state index contributed by atoms with van der Waals surface area (Å²) in [5.74, 6) is 0. The number of halogens is 1. The minimum absolute atomic E-state index is 0.0144. The van der Waals surface area contributed by atoms with Gasteiger partial charge in [0, 0.05) is 24.9 Å². The van der Waals surface area contributed by atoms with E-state index < -0.39 is 16.2 Å². The average Bonchev–Trinajstić information content (AvgIpc) is 2.31. The zero-order valence-electron chi connectivity index (χ0n) is 9.71. The normalized spacial score (nSPS) is 10.4. The Labute approximate surface area is 111 Å². The summed E-state index contributed by atoms with van der Waals surface area (Å²) in [5, 5.41) is 10.9. The van der Waals surface area contributed by atoms with Crippen molar-refractivity contribution in [3.8, 4) is 11.1 Å². The molecule has 0 aliphatic heterocycles. The third-order valence-corrected chi connectivity index (χ3v) is 2.76. The Morgan fingerprint density at radius 3 is 2.63 bits per heavy atom. The second-order valence-electron chi connectivity index (χ2n) is 3.83. The first-order chi connectivity index (χ1) is 8.90. The van der Waals surface area contributed by atoms with Crippen molar-refractivity contribution in [2.75, 3.05) is 0 Å². The van der Waals surface area contributed by atoms with Crippen LogP contribution in [0.25, 0.3) is 11.1 Å². The van der Waals surface area contributed by atoms with Crippen molar-refractivity contribution in [1.29, 1.82) is 0 Å². The number of hydrogen-bond acceptors (Lipinski definition) is 4. The first-order valence-electron chi connectivity index (χ1n) is 5.14. The van der Waals surface area contributed by atoms with Crippen LogP contribution in [0, 0.1) is 10.1 Å². The highest BCUT2D eigenvalue weighted by molar-refractivity contribution is 6.29. The molecule has 0 aromatic carbocycles. The molecule has 8 heteroatoms. The minimum Gasteiger partial charge on any atom is -0.318 e. The van der Waals surface area contributed by atoms with Crippen molar-refractivity contribution in [1.82, 2.24) is 9.55 Å². The van der Waals surface area contributed by atoms with Crippen LogP contribution in [0.5, 0.6) is 0 Å². The van der Waals surface area contributed by atoms with Crippen molar-refractivity contribution >= 4 is 17.3 Å². The van der Waals surface area contributed by atoms with Gasteiger partial charge in [0.25, 0.3) is 0 Å². The summed E-state index contributed by atoms with van der Waals surface area (Å²) in [6.07, 6.45) is 1.40. The van der Waals surface area contributed by atoms with Crippen molar-refractivity contribution in [2.24, 2.45) is 7.05 Å². The standard InChI is InChI=1S/C11H8ClN3O4/c1-14-5-6(2-3-9(14)16)7-4-8(12)13-11(17)10(7)15(18)19/h2-5H,1H3,(H,13,17). The highest BCUT2D eigenvalue weighted by Crippen LogP contribution is 2.27. The van der Waals surface area contributed by atoms with Gasteiger partial charge in [0.1, 0.15) is 5.15 Å². The molecule has 2 aromatic heterocycles. The van der Waals surface area contributed by atoms with Crippen LogP contribution < -0.4 is 11.1 Å². The van der Waals surface area contributed by atoms with E-state index in [1.807, 2.05) is 0 Å². The quantitative estimate of drug-likeness (QED) is 0.509. The van der Waals surface area contributed by atoms with Crippen molar-refractivity contribution in [2.45, 2.75) is 0 Å². The number of pyridine rings is 2. The molecule has 0 fully saturated rings. The predicted octanol–water partition coefficient (Wildman–Crippen LogP) is 1.30. The van der Waals surface area contributed by atoms with Crippen LogP contribution in [0.1, 0.15) is 0 Å². The smallest absolute Gasteiger partial charge is 0.318 e. The van der Waals surface area contributed by atoms with Gasteiger partial charge in [-0.2, -0.15) is 0 Å². The maximum Gasteiger partial charge on any atom is 0.341 e. The molecule has 0 saturated carbocycles. The molecular formula is C11H8ClN3O4. The first-order valence-corrected chi connectivity index (χ1v) is 5.52. The maximum atomic E-state index is 11.6. The lowest BCUT2D eigenvalue weighted by Crippen LogP contribution is -2.16. The van der Waals surface area contributed by atoms with E-state index in [0.717, 1.165) is 0 Å². The Balaban J connectivity index is 2.80. The molecule has 2 rings (SSSR count). The molecule has 0 amide bonds. The first kappa shape index (κ1) is 13.0. The number of nitro groups is 1. The van der Waals surface area contributed by atoms with Crippen LogP contribution in [0.15, 0.2) is 34.0 Å². The van der Waals surface area contributed by atoms with E-state index in [4.69, 9.17) is 11.6 Å². The van der Waals surface area contributed by atoms with E-state index in [1.54, 1.807) is 0 Å². The Kier molecular flexibility index (Phi) is 3.22. The maximum absolute atomic E-state index is 11.6. The van der Waals surface area contributed by atoms with Gasteiger partial charge in [0.2, 0.25) is 5.56 Å². The van der Waals surface area contributed by atoms with Crippen LogP contribution in [-0.2, 0) is 7.05 Å². The van der Waals surface area contributed by atoms with E-state index >= 15 is 0 Å². The topological polar surface area (TPSA) is 98.0 Å². The molecule has 98 valence electrons. The lowest BCUT2D eigenvalue weighted by atomic mass is 10.1. The van der Waals surface area contributed by atoms with E-state index in [0.29, 0.717) is 5.56 Å². The van der Waals surface area contributed by atoms with Gasteiger partial charge in [-0.05, 0) is 12.1 Å². The fourth-order valence-corrected chi connectivity index (χ4v) is 1.87. The molecule has 0 atom stereocenters. The zero-order valence-corrected chi connectivity index (χ0v) is 10.5. The van der Waals surface area contributed by atoms with Crippen molar-refractivity contribution in [3.63, 3.8) is 0 Å². The second-order valence-corrected chi connectivity index (χ2v) is 4.24. The second kappa shape index (κ2) is 4.69. The van der Waals surface area contributed by atoms with Gasteiger partial charge in [0.05, 0.1) is 10.5 Å². The summed E-state index contributed by atoms with van der Waals surface area (Å²) in [4.78, 5) is 35.2. The highest BCUT2D eigenvalue weighted by atomic mass is 35.5. The van der Waals surface area contributed by atoms with Crippen LogP contribution in [0.4, 0.5) is 5.69 Å². The van der Waals surface area contributed by atoms with E-state index in [-0.39, 0.29) is 16.3 Å². The van der Waals surface area contributed by atoms with Gasteiger partial charge in [-0.1, -0.05) is 11.6 Å². The highest BCUT2D eigenvalue weighted by Gasteiger charge is 2.21.